The van der Waals surface area contributed by atoms with Gasteiger partial charge in [0.05, 0.1) is 25.4 Å². The fraction of sp³-hybridized carbons (Fsp3) is 0.885. The predicted octanol–water partition coefficient (Wildman–Crippen LogP) is 15.1. The van der Waals surface area contributed by atoms with Gasteiger partial charge in [0, 0.05) is 12.8 Å². The van der Waals surface area contributed by atoms with Crippen LogP contribution in [0.4, 0.5) is 0 Å². The first-order valence-corrected chi connectivity index (χ1v) is 25.6. The standard InChI is InChI=1S/C52H99NO5/c1-3-5-7-9-11-13-14-15-16-17-20-23-26-30-34-38-42-46-52(57)58-47-43-39-35-31-27-24-21-18-19-22-25-29-33-37-41-45-51(56)53-49(48-54)50(55)44-40-36-32-28-12-10-8-6-4-2/h15-16,21,24,49-50,54-55H,3-14,17-20,22-23,25-48H2,1-2H3,(H,53,56)/b16-15-,24-21-. The van der Waals surface area contributed by atoms with Crippen molar-refractivity contribution in [3.8, 4) is 0 Å². The van der Waals surface area contributed by atoms with Crippen LogP contribution in [0.25, 0.3) is 0 Å². The van der Waals surface area contributed by atoms with E-state index in [1.54, 1.807) is 0 Å². The maximum Gasteiger partial charge on any atom is 0.305 e. The summed E-state index contributed by atoms with van der Waals surface area (Å²) in [5, 5.41) is 23.0. The summed E-state index contributed by atoms with van der Waals surface area (Å²) >= 11 is 0. The minimum absolute atomic E-state index is 0.0140. The van der Waals surface area contributed by atoms with Gasteiger partial charge >= 0.3 is 5.97 Å². The predicted molar refractivity (Wildman–Crippen MR) is 250 cm³/mol. The van der Waals surface area contributed by atoms with Crippen molar-refractivity contribution < 1.29 is 24.5 Å². The molecule has 0 bridgehead atoms. The van der Waals surface area contributed by atoms with E-state index < -0.39 is 12.1 Å². The van der Waals surface area contributed by atoms with Crippen molar-refractivity contribution in [2.45, 2.75) is 283 Å². The molecule has 0 aliphatic heterocycles. The molecule has 2 unspecified atom stereocenters. The van der Waals surface area contributed by atoms with Gasteiger partial charge in [0.1, 0.15) is 0 Å². The number of aliphatic hydroxyl groups is 2. The zero-order valence-electron chi connectivity index (χ0n) is 38.8. The van der Waals surface area contributed by atoms with E-state index in [1.165, 1.54) is 167 Å². The van der Waals surface area contributed by atoms with Crippen molar-refractivity contribution in [3.05, 3.63) is 24.3 Å². The van der Waals surface area contributed by atoms with Gasteiger partial charge < -0.3 is 20.3 Å². The highest BCUT2D eigenvalue weighted by Crippen LogP contribution is 2.15. The van der Waals surface area contributed by atoms with Crippen LogP contribution < -0.4 is 5.32 Å². The van der Waals surface area contributed by atoms with E-state index in [2.05, 4.69) is 43.5 Å². The lowest BCUT2D eigenvalue weighted by molar-refractivity contribution is -0.143. The Labute approximate surface area is 361 Å². The minimum atomic E-state index is -0.671. The second-order valence-corrected chi connectivity index (χ2v) is 17.5. The molecule has 0 radical (unpaired) electrons. The van der Waals surface area contributed by atoms with Crippen LogP contribution in [0.15, 0.2) is 24.3 Å². The van der Waals surface area contributed by atoms with Crippen molar-refractivity contribution in [1.29, 1.82) is 0 Å². The molecule has 6 nitrogen and oxygen atoms in total. The van der Waals surface area contributed by atoms with Crippen molar-refractivity contribution in [2.24, 2.45) is 0 Å². The zero-order valence-corrected chi connectivity index (χ0v) is 38.8. The van der Waals surface area contributed by atoms with Gasteiger partial charge in [0.15, 0.2) is 0 Å². The molecule has 3 N–H and O–H groups in total. The third kappa shape index (κ3) is 43.9. The number of ether oxygens (including phenoxy) is 1. The minimum Gasteiger partial charge on any atom is -0.466 e. The van der Waals surface area contributed by atoms with Crippen molar-refractivity contribution in [3.63, 3.8) is 0 Å². The highest BCUT2D eigenvalue weighted by atomic mass is 16.5. The molecule has 0 aromatic carbocycles. The maximum absolute atomic E-state index is 12.4. The topological polar surface area (TPSA) is 95.9 Å². The lowest BCUT2D eigenvalue weighted by atomic mass is 10.0. The van der Waals surface area contributed by atoms with Gasteiger partial charge in [-0.3, -0.25) is 9.59 Å². The first-order chi connectivity index (χ1) is 28.5. The molecule has 0 aliphatic rings. The Morgan fingerprint density at radius 1 is 0.466 bits per heavy atom. The van der Waals surface area contributed by atoms with Crippen molar-refractivity contribution >= 4 is 11.9 Å². The third-order valence-electron chi connectivity index (χ3n) is 11.7. The Kier molecular flexibility index (Phi) is 46.6. The lowest BCUT2D eigenvalue weighted by Crippen LogP contribution is -2.45. The number of rotatable bonds is 47. The normalized spacial score (nSPS) is 12.8. The second-order valence-electron chi connectivity index (χ2n) is 17.5. The highest BCUT2D eigenvalue weighted by Gasteiger charge is 2.20. The van der Waals surface area contributed by atoms with Crippen molar-refractivity contribution in [2.75, 3.05) is 13.2 Å². The molecule has 0 rings (SSSR count). The van der Waals surface area contributed by atoms with Gasteiger partial charge in [-0.25, -0.2) is 0 Å². The Morgan fingerprint density at radius 3 is 1.22 bits per heavy atom. The van der Waals surface area contributed by atoms with Gasteiger partial charge in [0.2, 0.25) is 5.91 Å². The number of nitrogens with one attached hydrogen (secondary N) is 1. The van der Waals surface area contributed by atoms with Crippen LogP contribution in [-0.4, -0.2) is 47.4 Å². The molecule has 0 spiro atoms. The number of carbonyl (C=O) groups is 2. The smallest absolute Gasteiger partial charge is 0.305 e. The Bertz CT molecular complexity index is 904. The summed E-state index contributed by atoms with van der Waals surface area (Å²) in [6.45, 7) is 4.89. The molecular formula is C52H99NO5. The van der Waals surface area contributed by atoms with E-state index in [0.717, 1.165) is 70.6 Å². The van der Waals surface area contributed by atoms with E-state index in [9.17, 15) is 19.8 Å². The fourth-order valence-electron chi connectivity index (χ4n) is 7.74. The monoisotopic (exact) mass is 818 g/mol. The lowest BCUT2D eigenvalue weighted by Gasteiger charge is -2.22. The van der Waals surface area contributed by atoms with Crippen LogP contribution in [-0.2, 0) is 14.3 Å². The summed E-state index contributed by atoms with van der Waals surface area (Å²) in [4.78, 5) is 24.4. The number of esters is 1. The highest BCUT2D eigenvalue weighted by molar-refractivity contribution is 5.76. The summed E-state index contributed by atoms with van der Waals surface area (Å²) < 4.78 is 5.46. The van der Waals surface area contributed by atoms with Crippen LogP contribution >= 0.6 is 0 Å². The molecule has 0 saturated heterocycles. The first kappa shape index (κ1) is 56.3. The molecule has 0 aliphatic carbocycles. The Hall–Kier alpha value is -1.66. The summed E-state index contributed by atoms with van der Waals surface area (Å²) in [6, 6.07) is -0.550. The van der Waals surface area contributed by atoms with E-state index in [1.807, 2.05) is 0 Å². The SMILES string of the molecule is CCCCCCCC/C=C\CCCCCCCCCC(=O)OCCCCCC/C=C\CCCCCCCCCC(=O)NC(CO)C(O)CCCCCCCCCCC. The Morgan fingerprint density at radius 2 is 0.810 bits per heavy atom. The van der Waals surface area contributed by atoms with Crippen LogP contribution in [0.3, 0.4) is 0 Å². The quantitative estimate of drug-likeness (QED) is 0.0323. The fourth-order valence-corrected chi connectivity index (χ4v) is 7.74. The van der Waals surface area contributed by atoms with E-state index in [-0.39, 0.29) is 18.5 Å². The second kappa shape index (κ2) is 48.0. The average Bonchev–Trinajstić information content (AvgIpc) is 3.22. The Balaban J connectivity index is 3.44. The van der Waals surface area contributed by atoms with Gasteiger partial charge in [-0.1, -0.05) is 205 Å². The number of hydrogen-bond donors (Lipinski definition) is 3. The van der Waals surface area contributed by atoms with E-state index in [4.69, 9.17) is 4.74 Å². The van der Waals surface area contributed by atoms with Gasteiger partial charge in [-0.05, 0) is 77.0 Å². The largest absolute Gasteiger partial charge is 0.466 e. The number of carbonyl (C=O) groups excluding carboxylic acids is 2. The van der Waals surface area contributed by atoms with Crippen LogP contribution in [0.1, 0.15) is 271 Å². The molecule has 6 heteroatoms. The number of amides is 1. The molecule has 0 saturated carbocycles. The molecule has 58 heavy (non-hydrogen) atoms. The molecular weight excluding hydrogens is 719 g/mol. The maximum atomic E-state index is 12.4. The number of aliphatic hydroxyl groups excluding tert-OH is 2. The first-order valence-electron chi connectivity index (χ1n) is 25.6. The summed E-state index contributed by atoms with van der Waals surface area (Å²) in [7, 11) is 0. The summed E-state index contributed by atoms with van der Waals surface area (Å²) in [6.07, 6.45) is 55.8. The molecule has 0 aromatic heterocycles. The number of allylic oxidation sites excluding steroid dienone is 4. The summed E-state index contributed by atoms with van der Waals surface area (Å²) in [5.41, 5.74) is 0. The molecule has 1 amide bonds. The molecule has 0 fully saturated rings. The molecule has 0 aromatic rings. The van der Waals surface area contributed by atoms with Gasteiger partial charge in [-0.2, -0.15) is 0 Å². The van der Waals surface area contributed by atoms with E-state index in [0.29, 0.717) is 25.9 Å². The molecule has 0 heterocycles. The van der Waals surface area contributed by atoms with Crippen LogP contribution in [0, 0.1) is 0 Å². The molecule has 2 atom stereocenters. The summed E-state index contributed by atoms with van der Waals surface area (Å²) in [5.74, 6) is -0.0672. The third-order valence-corrected chi connectivity index (χ3v) is 11.7. The van der Waals surface area contributed by atoms with Crippen LogP contribution in [0.5, 0.6) is 0 Å². The number of unbranched alkanes of at least 4 members (excludes halogenated alkanes) is 32. The van der Waals surface area contributed by atoms with Crippen molar-refractivity contribution in [1.82, 2.24) is 5.32 Å². The average molecular weight is 818 g/mol. The number of hydrogen-bond acceptors (Lipinski definition) is 5. The van der Waals surface area contributed by atoms with Gasteiger partial charge in [-0.15, -0.1) is 0 Å². The zero-order chi connectivity index (χ0) is 42.3. The van der Waals surface area contributed by atoms with E-state index >= 15 is 0 Å². The van der Waals surface area contributed by atoms with Gasteiger partial charge in [0.25, 0.3) is 0 Å². The molecule has 342 valence electrons. The van der Waals surface area contributed by atoms with Crippen LogP contribution in [0.2, 0.25) is 0 Å².